The van der Waals surface area contributed by atoms with Gasteiger partial charge in [-0.1, -0.05) is 55.8 Å². The molecule has 0 radical (unpaired) electrons. The Balaban J connectivity index is 2.08. The lowest BCUT2D eigenvalue weighted by molar-refractivity contribution is -0.927. The Morgan fingerprint density at radius 2 is 1.62 bits per heavy atom. The van der Waals surface area contributed by atoms with Crippen LogP contribution in [0.15, 0.2) is 54.6 Å². The molecule has 1 N–H and O–H groups in total. The first kappa shape index (κ1) is 15.6. The Bertz CT molecular complexity index is 524. The number of benzene rings is 2. The Morgan fingerprint density at radius 3 is 2.33 bits per heavy atom. The third-order valence-electron chi connectivity index (χ3n) is 3.81. The number of rotatable bonds is 8. The van der Waals surface area contributed by atoms with E-state index in [0.29, 0.717) is 0 Å². The molecule has 0 amide bonds. The van der Waals surface area contributed by atoms with E-state index < -0.39 is 0 Å². The van der Waals surface area contributed by atoms with Gasteiger partial charge in [-0.2, -0.15) is 0 Å². The second kappa shape index (κ2) is 8.48. The number of unbranched alkanes of at least 4 members (excludes halogenated alkanes) is 1. The van der Waals surface area contributed by atoms with Gasteiger partial charge in [0, 0.05) is 11.1 Å². The quantitative estimate of drug-likeness (QED) is 0.786. The van der Waals surface area contributed by atoms with Gasteiger partial charge in [-0.3, -0.25) is 0 Å². The summed E-state index contributed by atoms with van der Waals surface area (Å²) in [6.07, 6.45) is 2.50. The molecule has 2 aromatic carbocycles. The highest BCUT2D eigenvalue weighted by Crippen LogP contribution is 2.16. The molecule has 0 fully saturated rings. The molecule has 1 atom stereocenters. The molecule has 0 aliphatic heterocycles. The van der Waals surface area contributed by atoms with Crippen LogP contribution in [0.2, 0.25) is 0 Å². The molecule has 21 heavy (non-hydrogen) atoms. The monoisotopic (exact) mass is 284 g/mol. The maximum absolute atomic E-state index is 5.49. The molecular weight excluding hydrogens is 258 g/mol. The lowest BCUT2D eigenvalue weighted by Gasteiger charge is -2.20. The van der Waals surface area contributed by atoms with Crippen LogP contribution < -0.4 is 9.64 Å². The number of ether oxygens (including phenoxy) is 1. The van der Waals surface area contributed by atoms with E-state index in [1.165, 1.54) is 30.5 Å². The van der Waals surface area contributed by atoms with Gasteiger partial charge in [0.05, 0.1) is 13.7 Å². The summed E-state index contributed by atoms with van der Waals surface area (Å²) in [6, 6.07) is 19.1. The summed E-state index contributed by atoms with van der Waals surface area (Å²) in [5.74, 6) is 1.000. The Morgan fingerprint density at radius 1 is 0.905 bits per heavy atom. The third-order valence-corrected chi connectivity index (χ3v) is 3.81. The molecular formula is C19H26NO+. The summed E-state index contributed by atoms with van der Waals surface area (Å²) in [4.78, 5) is 1.59. The second-order valence-corrected chi connectivity index (χ2v) is 5.50. The van der Waals surface area contributed by atoms with E-state index in [0.717, 1.165) is 18.8 Å². The summed E-state index contributed by atoms with van der Waals surface area (Å²) < 4.78 is 5.49. The van der Waals surface area contributed by atoms with Crippen molar-refractivity contribution in [3.8, 4) is 5.75 Å². The van der Waals surface area contributed by atoms with Crippen molar-refractivity contribution < 1.29 is 9.64 Å². The molecule has 0 heterocycles. The van der Waals surface area contributed by atoms with E-state index in [1.807, 2.05) is 6.07 Å². The van der Waals surface area contributed by atoms with Gasteiger partial charge < -0.3 is 9.64 Å². The number of hydrogen-bond donors (Lipinski definition) is 1. The van der Waals surface area contributed by atoms with Crippen LogP contribution in [0.1, 0.15) is 30.9 Å². The fourth-order valence-corrected chi connectivity index (χ4v) is 2.67. The average molecular weight is 284 g/mol. The highest BCUT2D eigenvalue weighted by molar-refractivity contribution is 5.32. The molecule has 1 unspecified atom stereocenters. The predicted molar refractivity (Wildman–Crippen MR) is 87.6 cm³/mol. The minimum absolute atomic E-state index is 1.000. The molecule has 0 spiro atoms. The van der Waals surface area contributed by atoms with E-state index in [9.17, 15) is 0 Å². The standard InChI is InChI=1S/C19H25NO/c1-3-4-14-20(15-17-10-6-5-7-11-17)16-18-12-8-9-13-19(18)21-2/h5-13H,3-4,14-16H2,1-2H3/p+1. The molecule has 0 saturated heterocycles. The fourth-order valence-electron chi connectivity index (χ4n) is 2.67. The zero-order valence-corrected chi connectivity index (χ0v) is 13.1. The van der Waals surface area contributed by atoms with Crippen LogP contribution in [0, 0.1) is 0 Å². The van der Waals surface area contributed by atoms with Crippen molar-refractivity contribution in [3.63, 3.8) is 0 Å². The maximum Gasteiger partial charge on any atom is 0.127 e. The van der Waals surface area contributed by atoms with Crippen molar-refractivity contribution >= 4 is 0 Å². The van der Waals surface area contributed by atoms with Crippen molar-refractivity contribution in [1.82, 2.24) is 0 Å². The summed E-state index contributed by atoms with van der Waals surface area (Å²) >= 11 is 0. The second-order valence-electron chi connectivity index (χ2n) is 5.50. The molecule has 2 rings (SSSR count). The van der Waals surface area contributed by atoms with Crippen LogP contribution in [0.3, 0.4) is 0 Å². The summed E-state index contributed by atoms with van der Waals surface area (Å²) in [5, 5.41) is 0. The molecule has 2 aromatic rings. The van der Waals surface area contributed by atoms with Gasteiger partial charge in [0.1, 0.15) is 18.8 Å². The van der Waals surface area contributed by atoms with Gasteiger partial charge in [0.15, 0.2) is 0 Å². The van der Waals surface area contributed by atoms with Crippen molar-refractivity contribution in [2.24, 2.45) is 0 Å². The van der Waals surface area contributed by atoms with E-state index >= 15 is 0 Å². The zero-order chi connectivity index (χ0) is 14.9. The van der Waals surface area contributed by atoms with E-state index in [1.54, 1.807) is 12.0 Å². The molecule has 2 heteroatoms. The van der Waals surface area contributed by atoms with Gasteiger partial charge in [0.2, 0.25) is 0 Å². The van der Waals surface area contributed by atoms with Crippen molar-refractivity contribution in [2.45, 2.75) is 32.9 Å². The molecule has 0 bridgehead atoms. The van der Waals surface area contributed by atoms with Gasteiger partial charge in [-0.25, -0.2) is 0 Å². The average Bonchev–Trinajstić information content (AvgIpc) is 2.54. The van der Waals surface area contributed by atoms with Crippen molar-refractivity contribution in [1.29, 1.82) is 0 Å². The molecule has 0 aliphatic carbocycles. The van der Waals surface area contributed by atoms with Crippen molar-refractivity contribution in [3.05, 3.63) is 65.7 Å². The number of nitrogens with one attached hydrogen (secondary N) is 1. The van der Waals surface area contributed by atoms with E-state index in [4.69, 9.17) is 4.74 Å². The van der Waals surface area contributed by atoms with Gasteiger partial charge >= 0.3 is 0 Å². The molecule has 112 valence electrons. The Kier molecular flexibility index (Phi) is 6.29. The minimum Gasteiger partial charge on any atom is -0.496 e. The van der Waals surface area contributed by atoms with E-state index in [2.05, 4.69) is 55.5 Å². The predicted octanol–water partition coefficient (Wildman–Crippen LogP) is 3.08. The first-order valence-corrected chi connectivity index (χ1v) is 7.83. The molecule has 0 aromatic heterocycles. The van der Waals surface area contributed by atoms with Gasteiger partial charge in [0.25, 0.3) is 0 Å². The third kappa shape index (κ3) is 4.91. The lowest BCUT2D eigenvalue weighted by Crippen LogP contribution is -3.09. The largest absolute Gasteiger partial charge is 0.496 e. The van der Waals surface area contributed by atoms with Crippen LogP contribution in [-0.4, -0.2) is 13.7 Å². The Hall–Kier alpha value is -1.80. The zero-order valence-electron chi connectivity index (χ0n) is 13.1. The highest BCUT2D eigenvalue weighted by Gasteiger charge is 2.13. The number of hydrogen-bond acceptors (Lipinski definition) is 1. The minimum atomic E-state index is 1.000. The first-order valence-electron chi connectivity index (χ1n) is 7.83. The smallest absolute Gasteiger partial charge is 0.127 e. The Labute approximate surface area is 128 Å². The maximum atomic E-state index is 5.49. The first-order chi connectivity index (χ1) is 10.3. The number of methoxy groups -OCH3 is 1. The molecule has 0 aliphatic rings. The van der Waals surface area contributed by atoms with Crippen LogP contribution in [0.4, 0.5) is 0 Å². The van der Waals surface area contributed by atoms with E-state index in [-0.39, 0.29) is 0 Å². The SMILES string of the molecule is CCCC[NH+](Cc1ccccc1)Cc1ccccc1OC. The van der Waals surface area contributed by atoms with Crippen LogP contribution >= 0.6 is 0 Å². The number of quaternary nitrogens is 1. The molecule has 0 saturated carbocycles. The lowest BCUT2D eigenvalue weighted by atomic mass is 10.1. The topological polar surface area (TPSA) is 13.7 Å². The van der Waals surface area contributed by atoms with Crippen LogP contribution in [-0.2, 0) is 13.1 Å². The molecule has 2 nitrogen and oxygen atoms in total. The fraction of sp³-hybridized carbons (Fsp3) is 0.368. The summed E-state index contributed by atoms with van der Waals surface area (Å²) in [6.45, 7) is 5.53. The summed E-state index contributed by atoms with van der Waals surface area (Å²) in [7, 11) is 1.75. The number of para-hydroxylation sites is 1. The highest BCUT2D eigenvalue weighted by atomic mass is 16.5. The van der Waals surface area contributed by atoms with Crippen LogP contribution in [0.25, 0.3) is 0 Å². The normalized spacial score (nSPS) is 12.1. The van der Waals surface area contributed by atoms with Gasteiger partial charge in [-0.05, 0) is 18.6 Å². The van der Waals surface area contributed by atoms with Crippen LogP contribution in [0.5, 0.6) is 5.75 Å². The van der Waals surface area contributed by atoms with Gasteiger partial charge in [-0.15, -0.1) is 0 Å². The van der Waals surface area contributed by atoms with Crippen molar-refractivity contribution in [2.75, 3.05) is 13.7 Å². The summed E-state index contributed by atoms with van der Waals surface area (Å²) in [5.41, 5.74) is 2.69.